The fraction of sp³-hybridized carbons (Fsp3) is 0.500. The van der Waals surface area contributed by atoms with E-state index in [0.717, 1.165) is 41.7 Å². The highest BCUT2D eigenvalue weighted by Gasteiger charge is 2.23. The summed E-state index contributed by atoms with van der Waals surface area (Å²) < 4.78 is 0.887. The molecule has 2 heterocycles. The van der Waals surface area contributed by atoms with Gasteiger partial charge in [-0.25, -0.2) is 0 Å². The summed E-state index contributed by atoms with van der Waals surface area (Å²) in [6.07, 6.45) is 4.62. The second-order valence-electron chi connectivity index (χ2n) is 6.25. The van der Waals surface area contributed by atoms with Crippen molar-refractivity contribution in [3.05, 3.63) is 40.9 Å². The normalized spacial score (nSPS) is 17.9. The van der Waals surface area contributed by atoms with Crippen LogP contribution in [0.25, 0.3) is 0 Å². The van der Waals surface area contributed by atoms with E-state index in [4.69, 9.17) is 0 Å². The van der Waals surface area contributed by atoms with Crippen molar-refractivity contribution >= 4 is 29.0 Å². The maximum absolute atomic E-state index is 12.5. The Labute approximate surface area is 151 Å². The lowest BCUT2D eigenvalue weighted by molar-refractivity contribution is -0.130. The standard InChI is InChI=1S/C18H23N3OS2/c1-14-19-20-18(24-14)23-13-17(22)21-11-5-8-16(12-21)10-9-15-6-3-2-4-7-15/h2-4,6-7,16H,5,8-13H2,1H3. The van der Waals surface area contributed by atoms with Crippen LogP contribution in [0.5, 0.6) is 0 Å². The maximum atomic E-state index is 12.5. The third-order valence-electron chi connectivity index (χ3n) is 4.38. The van der Waals surface area contributed by atoms with E-state index in [1.807, 2.05) is 11.8 Å². The Morgan fingerprint density at radius 3 is 2.92 bits per heavy atom. The van der Waals surface area contributed by atoms with Crippen molar-refractivity contribution in [3.8, 4) is 0 Å². The SMILES string of the molecule is Cc1nnc(SCC(=O)N2CCCC(CCc3ccccc3)C2)s1. The van der Waals surface area contributed by atoms with Crippen LogP contribution in [0, 0.1) is 12.8 Å². The Hall–Kier alpha value is -1.40. The zero-order valence-corrected chi connectivity index (χ0v) is 15.6. The number of aryl methyl sites for hydroxylation is 2. The van der Waals surface area contributed by atoms with E-state index in [2.05, 4.69) is 40.5 Å². The zero-order chi connectivity index (χ0) is 16.8. The fourth-order valence-electron chi connectivity index (χ4n) is 3.09. The summed E-state index contributed by atoms with van der Waals surface area (Å²) in [5.74, 6) is 1.33. The van der Waals surface area contributed by atoms with Crippen LogP contribution in [0.2, 0.25) is 0 Å². The zero-order valence-electron chi connectivity index (χ0n) is 14.0. The number of carbonyl (C=O) groups is 1. The highest BCUT2D eigenvalue weighted by molar-refractivity contribution is 8.01. The lowest BCUT2D eigenvalue weighted by Crippen LogP contribution is -2.41. The van der Waals surface area contributed by atoms with E-state index in [0.29, 0.717) is 11.7 Å². The number of amides is 1. The van der Waals surface area contributed by atoms with Crippen molar-refractivity contribution < 1.29 is 4.79 Å². The van der Waals surface area contributed by atoms with Gasteiger partial charge in [0.2, 0.25) is 5.91 Å². The number of piperidine rings is 1. The molecule has 1 saturated heterocycles. The summed E-state index contributed by atoms with van der Waals surface area (Å²) in [7, 11) is 0. The molecule has 0 aliphatic carbocycles. The van der Waals surface area contributed by atoms with Crippen molar-refractivity contribution in [1.82, 2.24) is 15.1 Å². The highest BCUT2D eigenvalue weighted by atomic mass is 32.2. The Morgan fingerprint density at radius 1 is 1.33 bits per heavy atom. The van der Waals surface area contributed by atoms with E-state index in [1.54, 1.807) is 11.3 Å². The first-order valence-electron chi connectivity index (χ1n) is 8.45. The maximum Gasteiger partial charge on any atom is 0.233 e. The molecule has 0 N–H and O–H groups in total. The van der Waals surface area contributed by atoms with Crippen molar-refractivity contribution in [2.24, 2.45) is 5.92 Å². The number of rotatable bonds is 6. The molecule has 1 amide bonds. The van der Waals surface area contributed by atoms with Gasteiger partial charge in [0.25, 0.3) is 0 Å². The van der Waals surface area contributed by atoms with Gasteiger partial charge in [-0.2, -0.15) is 0 Å². The van der Waals surface area contributed by atoms with Crippen LogP contribution < -0.4 is 0 Å². The Balaban J connectivity index is 1.45. The lowest BCUT2D eigenvalue weighted by Gasteiger charge is -2.32. The quantitative estimate of drug-likeness (QED) is 0.734. The fourth-order valence-corrected chi connectivity index (χ4v) is 4.81. The molecule has 0 saturated carbocycles. The van der Waals surface area contributed by atoms with Crippen molar-refractivity contribution in [1.29, 1.82) is 0 Å². The molecule has 0 radical (unpaired) electrons. The second-order valence-corrected chi connectivity index (χ2v) is 8.65. The van der Waals surface area contributed by atoms with E-state index >= 15 is 0 Å². The molecular weight excluding hydrogens is 338 g/mol. The van der Waals surface area contributed by atoms with Gasteiger partial charge in [-0.3, -0.25) is 4.79 Å². The monoisotopic (exact) mass is 361 g/mol. The summed E-state index contributed by atoms with van der Waals surface area (Å²) in [4.78, 5) is 14.5. The van der Waals surface area contributed by atoms with Crippen LogP contribution >= 0.6 is 23.1 Å². The minimum absolute atomic E-state index is 0.234. The van der Waals surface area contributed by atoms with Crippen LogP contribution in [-0.4, -0.2) is 39.8 Å². The minimum atomic E-state index is 0.234. The molecule has 1 aliphatic rings. The number of nitrogens with zero attached hydrogens (tertiary/aromatic N) is 3. The Kier molecular flexibility index (Phi) is 6.26. The summed E-state index contributed by atoms with van der Waals surface area (Å²) in [5, 5.41) is 9.01. The first kappa shape index (κ1) is 17.4. The smallest absolute Gasteiger partial charge is 0.233 e. The summed E-state index contributed by atoms with van der Waals surface area (Å²) in [6, 6.07) is 10.6. The van der Waals surface area contributed by atoms with Crippen molar-refractivity contribution in [2.45, 2.75) is 36.9 Å². The van der Waals surface area contributed by atoms with E-state index in [-0.39, 0.29) is 5.91 Å². The molecule has 1 aromatic carbocycles. The molecule has 3 rings (SSSR count). The molecule has 4 nitrogen and oxygen atoms in total. The van der Waals surface area contributed by atoms with Crippen molar-refractivity contribution in [2.75, 3.05) is 18.8 Å². The number of hydrogen-bond donors (Lipinski definition) is 0. The van der Waals surface area contributed by atoms with Gasteiger partial charge in [0.05, 0.1) is 5.75 Å². The van der Waals surface area contributed by atoms with Crippen LogP contribution in [0.3, 0.4) is 0 Å². The second kappa shape index (κ2) is 8.62. The molecule has 24 heavy (non-hydrogen) atoms. The van der Waals surface area contributed by atoms with Crippen LogP contribution in [0.4, 0.5) is 0 Å². The van der Waals surface area contributed by atoms with Gasteiger partial charge in [-0.1, -0.05) is 53.4 Å². The first-order valence-corrected chi connectivity index (χ1v) is 10.3. The van der Waals surface area contributed by atoms with Crippen molar-refractivity contribution in [3.63, 3.8) is 0 Å². The topological polar surface area (TPSA) is 46.1 Å². The third-order valence-corrected chi connectivity index (χ3v) is 6.34. The van der Waals surface area contributed by atoms with Gasteiger partial charge in [-0.15, -0.1) is 10.2 Å². The van der Waals surface area contributed by atoms with Gasteiger partial charge in [-0.05, 0) is 44.1 Å². The Bertz CT molecular complexity index is 659. The number of benzene rings is 1. The summed E-state index contributed by atoms with van der Waals surface area (Å²) in [6.45, 7) is 3.74. The van der Waals surface area contributed by atoms with Crippen LogP contribution in [0.1, 0.15) is 29.8 Å². The number of likely N-dealkylation sites (tertiary alicyclic amines) is 1. The van der Waals surface area contributed by atoms with Gasteiger partial charge < -0.3 is 4.90 Å². The van der Waals surface area contributed by atoms with Gasteiger partial charge in [0, 0.05) is 13.1 Å². The first-order chi connectivity index (χ1) is 11.7. The number of carbonyl (C=O) groups excluding carboxylic acids is 1. The Morgan fingerprint density at radius 2 is 2.17 bits per heavy atom. The predicted octanol–water partition coefficient (Wildman–Crippen LogP) is 3.81. The molecule has 1 atom stereocenters. The van der Waals surface area contributed by atoms with E-state index < -0.39 is 0 Å². The molecule has 6 heteroatoms. The van der Waals surface area contributed by atoms with E-state index in [1.165, 1.54) is 23.7 Å². The average Bonchev–Trinajstić information content (AvgIpc) is 3.04. The van der Waals surface area contributed by atoms with Crippen LogP contribution in [0.15, 0.2) is 34.7 Å². The molecule has 1 aromatic heterocycles. The van der Waals surface area contributed by atoms with Gasteiger partial charge in [0.15, 0.2) is 4.34 Å². The van der Waals surface area contributed by atoms with E-state index in [9.17, 15) is 4.79 Å². The summed E-state index contributed by atoms with van der Waals surface area (Å²) >= 11 is 3.06. The van der Waals surface area contributed by atoms with Gasteiger partial charge >= 0.3 is 0 Å². The molecular formula is C18H23N3OS2. The third kappa shape index (κ3) is 5.05. The minimum Gasteiger partial charge on any atom is -0.342 e. The largest absolute Gasteiger partial charge is 0.342 e. The molecule has 128 valence electrons. The average molecular weight is 362 g/mol. The lowest BCUT2D eigenvalue weighted by atomic mass is 9.91. The predicted molar refractivity (Wildman–Crippen MR) is 99.4 cm³/mol. The molecule has 0 bridgehead atoms. The molecule has 1 aliphatic heterocycles. The molecule has 0 spiro atoms. The number of aromatic nitrogens is 2. The van der Waals surface area contributed by atoms with Crippen LogP contribution in [-0.2, 0) is 11.2 Å². The summed E-state index contributed by atoms with van der Waals surface area (Å²) in [5.41, 5.74) is 1.39. The highest BCUT2D eigenvalue weighted by Crippen LogP contribution is 2.25. The molecule has 1 unspecified atom stereocenters. The molecule has 2 aromatic rings. The van der Waals surface area contributed by atoms with Gasteiger partial charge in [0.1, 0.15) is 5.01 Å². The number of hydrogen-bond acceptors (Lipinski definition) is 5. The number of thioether (sulfide) groups is 1. The molecule has 1 fully saturated rings.